The molecule has 2 rings (SSSR count). The lowest BCUT2D eigenvalue weighted by Gasteiger charge is -2.15. The Morgan fingerprint density at radius 2 is 2.00 bits per heavy atom. The Balaban J connectivity index is 2.29. The van der Waals surface area contributed by atoms with Crippen LogP contribution in [0.15, 0.2) is 4.47 Å². The average molecular weight is 358 g/mol. The summed E-state index contributed by atoms with van der Waals surface area (Å²) in [5, 5.41) is 12.1. The van der Waals surface area contributed by atoms with E-state index in [0.29, 0.717) is 0 Å². The fourth-order valence-electron chi connectivity index (χ4n) is 2.29. The Morgan fingerprint density at radius 1 is 1.30 bits per heavy atom. The molecule has 0 bridgehead atoms. The maximum Gasteiger partial charge on any atom is 0.0801 e. The molecule has 0 saturated carbocycles. The van der Waals surface area contributed by atoms with Crippen LogP contribution in [-0.2, 0) is 26.3 Å². The Kier molecular flexibility index (Phi) is 5.29. The highest BCUT2D eigenvalue weighted by Crippen LogP contribution is 2.29. The molecular formula is C13H20BrN5S. The second-order valence-electron chi connectivity index (χ2n) is 4.67. The zero-order chi connectivity index (χ0) is 14.7. The molecule has 0 amide bonds. The molecule has 2 aromatic rings. The molecule has 110 valence electrons. The quantitative estimate of drug-likeness (QED) is 0.863. The number of aryl methyl sites for hydroxylation is 3. The minimum atomic E-state index is 0.223. The summed E-state index contributed by atoms with van der Waals surface area (Å²) in [6.07, 6.45) is 2.72. The molecule has 0 fully saturated rings. The van der Waals surface area contributed by atoms with E-state index in [-0.39, 0.29) is 6.04 Å². The Morgan fingerprint density at radius 3 is 2.55 bits per heavy atom. The van der Waals surface area contributed by atoms with E-state index in [0.717, 1.165) is 35.1 Å². The Bertz CT molecular complexity index is 577. The van der Waals surface area contributed by atoms with Crippen molar-refractivity contribution in [1.29, 1.82) is 0 Å². The molecule has 2 aromatic heterocycles. The second-order valence-corrected chi connectivity index (χ2v) is 6.25. The van der Waals surface area contributed by atoms with Gasteiger partial charge < -0.3 is 5.32 Å². The summed E-state index contributed by atoms with van der Waals surface area (Å²) in [5.74, 6) is 0. The van der Waals surface area contributed by atoms with Crippen LogP contribution in [0.25, 0.3) is 0 Å². The van der Waals surface area contributed by atoms with E-state index in [2.05, 4.69) is 49.8 Å². The van der Waals surface area contributed by atoms with Crippen molar-refractivity contribution < 1.29 is 0 Å². The summed E-state index contributed by atoms with van der Waals surface area (Å²) < 4.78 is 7.18. The van der Waals surface area contributed by atoms with Crippen molar-refractivity contribution in [1.82, 2.24) is 24.7 Å². The third kappa shape index (κ3) is 2.94. The van der Waals surface area contributed by atoms with E-state index in [1.807, 2.05) is 18.8 Å². The van der Waals surface area contributed by atoms with Crippen molar-refractivity contribution >= 4 is 27.5 Å². The standard InChI is InChI=1S/C13H20BrN5S/c1-5-8-12(14)11(19(4)17-8)7-10(15-3)13-9(6-2)16-18-20-13/h10,15H,5-7H2,1-4H3. The largest absolute Gasteiger partial charge is 0.312 e. The smallest absolute Gasteiger partial charge is 0.0801 e. The van der Waals surface area contributed by atoms with Crippen LogP contribution in [0, 0.1) is 0 Å². The van der Waals surface area contributed by atoms with Crippen LogP contribution >= 0.6 is 27.5 Å². The zero-order valence-electron chi connectivity index (χ0n) is 12.3. The van der Waals surface area contributed by atoms with E-state index < -0.39 is 0 Å². The van der Waals surface area contributed by atoms with Gasteiger partial charge in [-0.05, 0) is 47.4 Å². The SMILES string of the molecule is CCc1nnsc1C(Cc1c(Br)c(CC)nn1C)NC. The van der Waals surface area contributed by atoms with E-state index in [4.69, 9.17) is 0 Å². The number of halogens is 1. The van der Waals surface area contributed by atoms with Gasteiger partial charge in [-0.1, -0.05) is 18.3 Å². The van der Waals surface area contributed by atoms with Gasteiger partial charge in [0.1, 0.15) is 0 Å². The molecule has 0 spiro atoms. The zero-order valence-corrected chi connectivity index (χ0v) is 14.7. The molecule has 0 aliphatic rings. The highest BCUT2D eigenvalue weighted by Gasteiger charge is 2.21. The third-order valence-corrected chi connectivity index (χ3v) is 5.28. The maximum absolute atomic E-state index is 4.55. The van der Waals surface area contributed by atoms with Crippen molar-refractivity contribution in [3.8, 4) is 0 Å². The first-order valence-electron chi connectivity index (χ1n) is 6.80. The molecule has 0 aromatic carbocycles. The number of nitrogens with zero attached hydrogens (tertiary/aromatic N) is 4. The predicted molar refractivity (Wildman–Crippen MR) is 85.1 cm³/mol. The van der Waals surface area contributed by atoms with Gasteiger partial charge in [-0.25, -0.2) is 0 Å². The highest BCUT2D eigenvalue weighted by molar-refractivity contribution is 9.10. The summed E-state index contributed by atoms with van der Waals surface area (Å²) in [6, 6.07) is 0.223. The maximum atomic E-state index is 4.55. The fraction of sp³-hybridized carbons (Fsp3) is 0.615. The first kappa shape index (κ1) is 15.6. The first-order valence-corrected chi connectivity index (χ1v) is 8.37. The number of hydrogen-bond acceptors (Lipinski definition) is 5. The third-order valence-electron chi connectivity index (χ3n) is 3.49. The van der Waals surface area contributed by atoms with Gasteiger partial charge in [0.25, 0.3) is 0 Å². The Labute approximate surface area is 132 Å². The van der Waals surface area contributed by atoms with E-state index >= 15 is 0 Å². The summed E-state index contributed by atoms with van der Waals surface area (Å²) in [5.41, 5.74) is 3.40. The highest BCUT2D eigenvalue weighted by atomic mass is 79.9. The second kappa shape index (κ2) is 6.78. The van der Waals surface area contributed by atoms with Gasteiger partial charge in [0.15, 0.2) is 0 Å². The first-order chi connectivity index (χ1) is 9.62. The number of rotatable bonds is 6. The lowest BCUT2D eigenvalue weighted by molar-refractivity contribution is 0.563. The molecule has 2 heterocycles. The van der Waals surface area contributed by atoms with Crippen molar-refractivity contribution in [2.45, 2.75) is 39.2 Å². The van der Waals surface area contributed by atoms with Crippen LogP contribution < -0.4 is 5.32 Å². The molecule has 1 atom stereocenters. The van der Waals surface area contributed by atoms with Gasteiger partial charge in [-0.3, -0.25) is 4.68 Å². The van der Waals surface area contributed by atoms with E-state index in [1.165, 1.54) is 22.1 Å². The molecule has 0 saturated heterocycles. The fourth-order valence-corrected chi connectivity index (χ4v) is 3.91. The van der Waals surface area contributed by atoms with E-state index in [1.54, 1.807) is 0 Å². The van der Waals surface area contributed by atoms with Crippen LogP contribution in [0.2, 0.25) is 0 Å². The van der Waals surface area contributed by atoms with Crippen LogP contribution in [-0.4, -0.2) is 26.4 Å². The number of aromatic nitrogens is 4. The van der Waals surface area contributed by atoms with Crippen molar-refractivity contribution in [3.05, 3.63) is 26.4 Å². The summed E-state index contributed by atoms with van der Waals surface area (Å²) in [7, 11) is 3.98. The van der Waals surface area contributed by atoms with Gasteiger partial charge in [-0.15, -0.1) is 5.10 Å². The molecule has 7 heteroatoms. The monoisotopic (exact) mass is 357 g/mol. The lowest BCUT2D eigenvalue weighted by atomic mass is 10.1. The predicted octanol–water partition coefficient (Wildman–Crippen LogP) is 2.66. The normalized spacial score (nSPS) is 12.8. The topological polar surface area (TPSA) is 55.6 Å². The summed E-state index contributed by atoms with van der Waals surface area (Å²) in [6.45, 7) is 4.23. The molecule has 20 heavy (non-hydrogen) atoms. The number of nitrogens with one attached hydrogen (secondary N) is 1. The van der Waals surface area contributed by atoms with Crippen LogP contribution in [0.4, 0.5) is 0 Å². The van der Waals surface area contributed by atoms with Crippen LogP contribution in [0.5, 0.6) is 0 Å². The summed E-state index contributed by atoms with van der Waals surface area (Å²) >= 11 is 5.16. The molecule has 5 nitrogen and oxygen atoms in total. The van der Waals surface area contributed by atoms with Crippen molar-refractivity contribution in [3.63, 3.8) is 0 Å². The molecular weight excluding hydrogens is 338 g/mol. The van der Waals surface area contributed by atoms with Gasteiger partial charge in [0, 0.05) is 13.5 Å². The minimum Gasteiger partial charge on any atom is -0.312 e. The van der Waals surface area contributed by atoms with Crippen LogP contribution in [0.1, 0.15) is 41.8 Å². The minimum absolute atomic E-state index is 0.223. The summed E-state index contributed by atoms with van der Waals surface area (Å²) in [4.78, 5) is 1.22. The molecule has 0 radical (unpaired) electrons. The molecule has 0 aliphatic heterocycles. The molecule has 0 aliphatic carbocycles. The lowest BCUT2D eigenvalue weighted by Crippen LogP contribution is -2.20. The molecule has 1 unspecified atom stereocenters. The van der Waals surface area contributed by atoms with Gasteiger partial charge in [0.05, 0.1) is 32.5 Å². The van der Waals surface area contributed by atoms with E-state index in [9.17, 15) is 0 Å². The van der Waals surface area contributed by atoms with Gasteiger partial charge >= 0.3 is 0 Å². The van der Waals surface area contributed by atoms with Crippen molar-refractivity contribution in [2.24, 2.45) is 7.05 Å². The molecule has 1 N–H and O–H groups in total. The number of hydrogen-bond donors (Lipinski definition) is 1. The van der Waals surface area contributed by atoms with Crippen LogP contribution in [0.3, 0.4) is 0 Å². The Hall–Kier alpha value is -0.790. The van der Waals surface area contributed by atoms with Gasteiger partial charge in [0.2, 0.25) is 0 Å². The van der Waals surface area contributed by atoms with Gasteiger partial charge in [-0.2, -0.15) is 5.10 Å². The van der Waals surface area contributed by atoms with Crippen molar-refractivity contribution in [2.75, 3.05) is 7.05 Å². The average Bonchev–Trinajstić information content (AvgIpc) is 3.02. The number of likely N-dealkylation sites (N-methyl/N-ethyl adjacent to an activating group) is 1.